The van der Waals surface area contributed by atoms with Crippen LogP contribution in [0.15, 0.2) is 0 Å². The summed E-state index contributed by atoms with van der Waals surface area (Å²) < 4.78 is 5.98. The molecule has 1 aromatic heterocycles. The second-order valence-corrected chi connectivity index (χ2v) is 6.37. The van der Waals surface area contributed by atoms with Crippen molar-refractivity contribution >= 4 is 17.4 Å². The van der Waals surface area contributed by atoms with Gasteiger partial charge in [0.1, 0.15) is 0 Å². The van der Waals surface area contributed by atoms with Gasteiger partial charge in [0.05, 0.1) is 24.4 Å². The van der Waals surface area contributed by atoms with Crippen LogP contribution in [0.25, 0.3) is 0 Å². The van der Waals surface area contributed by atoms with Crippen LogP contribution in [0.3, 0.4) is 0 Å². The lowest BCUT2D eigenvalue weighted by atomic mass is 10.0. The SMILES string of the molecule is O[C@@H]1CCC[C@H]1Nc1nnc(Cl)c2c1[C@@H]1CC[C@H](C2)O1. The molecule has 2 N–H and O–H groups in total. The predicted molar refractivity (Wildman–Crippen MR) is 74.9 cm³/mol. The number of hydrogen-bond donors (Lipinski definition) is 2. The van der Waals surface area contributed by atoms with Gasteiger partial charge in [0.2, 0.25) is 0 Å². The first-order valence-corrected chi connectivity index (χ1v) is 7.75. The summed E-state index contributed by atoms with van der Waals surface area (Å²) in [5, 5.41) is 22.1. The third-order valence-corrected chi connectivity index (χ3v) is 5.03. The molecule has 2 aliphatic heterocycles. The molecule has 3 aliphatic rings. The summed E-state index contributed by atoms with van der Waals surface area (Å²) >= 11 is 6.21. The van der Waals surface area contributed by atoms with E-state index in [0.717, 1.165) is 55.5 Å². The summed E-state index contributed by atoms with van der Waals surface area (Å²) in [6.45, 7) is 0. The zero-order valence-electron chi connectivity index (χ0n) is 11.2. The fourth-order valence-corrected chi connectivity index (χ4v) is 3.91. The number of halogens is 1. The summed E-state index contributed by atoms with van der Waals surface area (Å²) in [6, 6.07) is 0.0636. The lowest BCUT2D eigenvalue weighted by molar-refractivity contribution is 0.0323. The summed E-state index contributed by atoms with van der Waals surface area (Å²) in [5.41, 5.74) is 2.15. The number of aromatic nitrogens is 2. The van der Waals surface area contributed by atoms with E-state index in [-0.39, 0.29) is 24.4 Å². The van der Waals surface area contributed by atoms with Gasteiger partial charge in [-0.15, -0.1) is 10.2 Å². The molecule has 1 saturated carbocycles. The Morgan fingerprint density at radius 2 is 2.10 bits per heavy atom. The maximum Gasteiger partial charge on any atom is 0.155 e. The zero-order valence-corrected chi connectivity index (χ0v) is 11.9. The maximum absolute atomic E-state index is 9.97. The van der Waals surface area contributed by atoms with Crippen molar-refractivity contribution in [1.82, 2.24) is 10.2 Å². The van der Waals surface area contributed by atoms with E-state index in [1.54, 1.807) is 0 Å². The summed E-state index contributed by atoms with van der Waals surface area (Å²) in [6.07, 6.45) is 5.83. The number of ether oxygens (including phenoxy) is 1. The molecular formula is C14H18ClN3O2. The molecular weight excluding hydrogens is 278 g/mol. The van der Waals surface area contributed by atoms with Crippen molar-refractivity contribution in [2.45, 2.75) is 62.9 Å². The van der Waals surface area contributed by atoms with Gasteiger partial charge in [0, 0.05) is 17.5 Å². The molecule has 1 saturated heterocycles. The van der Waals surface area contributed by atoms with Crippen LogP contribution in [-0.2, 0) is 11.2 Å². The lowest BCUT2D eigenvalue weighted by Gasteiger charge is -2.27. The van der Waals surface area contributed by atoms with Crippen molar-refractivity contribution in [3.05, 3.63) is 16.3 Å². The quantitative estimate of drug-likeness (QED) is 0.876. The molecule has 0 unspecified atom stereocenters. The molecule has 0 spiro atoms. The molecule has 1 aromatic rings. The van der Waals surface area contributed by atoms with Crippen molar-refractivity contribution in [2.24, 2.45) is 0 Å². The highest BCUT2D eigenvalue weighted by molar-refractivity contribution is 6.30. The number of aliphatic hydroxyl groups excluding tert-OH is 1. The predicted octanol–water partition coefficient (Wildman–Crippen LogP) is 2.23. The van der Waals surface area contributed by atoms with Crippen LogP contribution >= 0.6 is 11.6 Å². The van der Waals surface area contributed by atoms with E-state index in [1.165, 1.54) is 0 Å². The van der Waals surface area contributed by atoms with Crippen LogP contribution in [0.1, 0.15) is 49.3 Å². The van der Waals surface area contributed by atoms with Crippen LogP contribution in [0, 0.1) is 0 Å². The van der Waals surface area contributed by atoms with Crippen LogP contribution in [-0.4, -0.2) is 33.6 Å². The van der Waals surface area contributed by atoms with Crippen molar-refractivity contribution in [3.8, 4) is 0 Å². The second kappa shape index (κ2) is 4.83. The first-order chi connectivity index (χ1) is 9.72. The third-order valence-electron chi connectivity index (χ3n) is 4.73. The molecule has 20 heavy (non-hydrogen) atoms. The Labute approximate surface area is 122 Å². The van der Waals surface area contributed by atoms with Gasteiger partial charge >= 0.3 is 0 Å². The van der Waals surface area contributed by atoms with Crippen LogP contribution in [0.5, 0.6) is 0 Å². The minimum Gasteiger partial charge on any atom is -0.391 e. The van der Waals surface area contributed by atoms with Gasteiger partial charge in [-0.3, -0.25) is 0 Å². The fourth-order valence-electron chi connectivity index (χ4n) is 3.69. The highest BCUT2D eigenvalue weighted by atomic mass is 35.5. The van der Waals surface area contributed by atoms with E-state index in [4.69, 9.17) is 16.3 Å². The zero-order chi connectivity index (χ0) is 13.7. The molecule has 0 amide bonds. The van der Waals surface area contributed by atoms with E-state index in [0.29, 0.717) is 5.15 Å². The highest BCUT2D eigenvalue weighted by Gasteiger charge is 2.38. The van der Waals surface area contributed by atoms with E-state index in [9.17, 15) is 5.11 Å². The van der Waals surface area contributed by atoms with Crippen LogP contribution in [0.4, 0.5) is 5.82 Å². The van der Waals surface area contributed by atoms with Crippen LogP contribution < -0.4 is 5.32 Å². The fraction of sp³-hybridized carbons (Fsp3) is 0.714. The van der Waals surface area contributed by atoms with Gasteiger partial charge in [-0.2, -0.15) is 0 Å². The summed E-state index contributed by atoms with van der Waals surface area (Å²) in [7, 11) is 0. The number of aliphatic hydroxyl groups is 1. The Bertz CT molecular complexity index is 539. The van der Waals surface area contributed by atoms with E-state index < -0.39 is 0 Å². The van der Waals surface area contributed by atoms with Gasteiger partial charge in [-0.05, 0) is 32.1 Å². The Hall–Kier alpha value is -0.910. The van der Waals surface area contributed by atoms with E-state index in [1.807, 2.05) is 0 Å². The topological polar surface area (TPSA) is 67.3 Å². The largest absolute Gasteiger partial charge is 0.391 e. The van der Waals surface area contributed by atoms with Crippen LogP contribution in [0.2, 0.25) is 5.15 Å². The van der Waals surface area contributed by atoms with Gasteiger partial charge in [0.15, 0.2) is 11.0 Å². The molecule has 2 bridgehead atoms. The van der Waals surface area contributed by atoms with E-state index in [2.05, 4.69) is 15.5 Å². The maximum atomic E-state index is 9.97. The van der Waals surface area contributed by atoms with Crippen molar-refractivity contribution < 1.29 is 9.84 Å². The number of rotatable bonds is 2. The van der Waals surface area contributed by atoms with Gasteiger partial charge < -0.3 is 15.2 Å². The standard InChI is InChI=1S/C14H18ClN3O2/c15-13-8-6-7-4-5-11(20-7)12(8)14(18-17-13)16-9-2-1-3-10(9)19/h7,9-11,19H,1-6H2,(H,16,18)/t7-,9-,10-,11+/m1/s1. The number of anilines is 1. The monoisotopic (exact) mass is 295 g/mol. The molecule has 108 valence electrons. The molecule has 1 aliphatic carbocycles. The third kappa shape index (κ3) is 2.00. The Balaban J connectivity index is 1.70. The highest BCUT2D eigenvalue weighted by Crippen LogP contribution is 2.45. The summed E-state index contributed by atoms with van der Waals surface area (Å²) in [5.74, 6) is 0.751. The van der Waals surface area contributed by atoms with Gasteiger partial charge in [-0.1, -0.05) is 11.6 Å². The van der Waals surface area contributed by atoms with Crippen molar-refractivity contribution in [3.63, 3.8) is 0 Å². The Kier molecular flexibility index (Phi) is 3.09. The van der Waals surface area contributed by atoms with E-state index >= 15 is 0 Å². The normalized spacial score (nSPS) is 35.1. The van der Waals surface area contributed by atoms with Gasteiger partial charge in [0.25, 0.3) is 0 Å². The number of fused-ring (bicyclic) bond motifs is 4. The Morgan fingerprint density at radius 3 is 2.90 bits per heavy atom. The minimum absolute atomic E-state index is 0.0636. The molecule has 0 radical (unpaired) electrons. The Morgan fingerprint density at radius 1 is 1.20 bits per heavy atom. The molecule has 2 fully saturated rings. The summed E-state index contributed by atoms with van der Waals surface area (Å²) in [4.78, 5) is 0. The first-order valence-electron chi connectivity index (χ1n) is 7.37. The smallest absolute Gasteiger partial charge is 0.155 e. The first kappa shape index (κ1) is 12.8. The van der Waals surface area contributed by atoms with Crippen molar-refractivity contribution in [1.29, 1.82) is 0 Å². The average Bonchev–Trinajstić information content (AvgIpc) is 3.01. The molecule has 4 atom stereocenters. The molecule has 5 nitrogen and oxygen atoms in total. The lowest BCUT2D eigenvalue weighted by Crippen LogP contribution is -2.30. The molecule has 4 rings (SSSR count). The number of nitrogens with zero attached hydrogens (tertiary/aromatic N) is 2. The average molecular weight is 296 g/mol. The molecule has 0 aromatic carbocycles. The molecule has 6 heteroatoms. The van der Waals surface area contributed by atoms with Gasteiger partial charge in [-0.25, -0.2) is 0 Å². The number of hydrogen-bond acceptors (Lipinski definition) is 5. The minimum atomic E-state index is -0.302. The molecule has 3 heterocycles. The van der Waals surface area contributed by atoms with Crippen molar-refractivity contribution in [2.75, 3.05) is 5.32 Å². The number of nitrogens with one attached hydrogen (secondary N) is 1. The second-order valence-electron chi connectivity index (χ2n) is 6.01.